The number of aryl methyl sites for hydroxylation is 1. The number of hydrogen-bond donors (Lipinski definition) is 1. The summed E-state index contributed by atoms with van der Waals surface area (Å²) in [5.74, 6) is -0.895. The van der Waals surface area contributed by atoms with E-state index < -0.39 is 17.7 Å². The smallest absolute Gasteiger partial charge is 0.417 e. The van der Waals surface area contributed by atoms with Gasteiger partial charge in [-0.1, -0.05) is 17.7 Å². The molecule has 6 nitrogen and oxygen atoms in total. The molecule has 0 saturated heterocycles. The highest BCUT2D eigenvalue weighted by Crippen LogP contribution is 2.38. The first-order chi connectivity index (χ1) is 16.2. The van der Waals surface area contributed by atoms with Crippen LogP contribution in [0.25, 0.3) is 10.9 Å². The highest BCUT2D eigenvalue weighted by Gasteiger charge is 2.32. The maximum Gasteiger partial charge on any atom is 0.417 e. The van der Waals surface area contributed by atoms with Gasteiger partial charge in [0.15, 0.2) is 5.82 Å². The van der Waals surface area contributed by atoms with Crippen molar-refractivity contribution in [3.8, 4) is 0 Å². The molecule has 0 bridgehead atoms. The van der Waals surface area contributed by atoms with E-state index in [1.165, 1.54) is 24.1 Å². The van der Waals surface area contributed by atoms with E-state index in [9.17, 15) is 18.0 Å². The molecule has 0 aliphatic heterocycles. The van der Waals surface area contributed by atoms with Gasteiger partial charge in [0.05, 0.1) is 34.4 Å². The van der Waals surface area contributed by atoms with Crippen LogP contribution in [0.1, 0.15) is 28.4 Å². The number of nitrogens with zero attached hydrogens (tertiary/aromatic N) is 4. The molecule has 0 aliphatic carbocycles. The van der Waals surface area contributed by atoms with E-state index >= 15 is 0 Å². The number of benzene rings is 2. The Balaban J connectivity index is 1.69. The van der Waals surface area contributed by atoms with Crippen LogP contribution in [0, 0.1) is 0 Å². The van der Waals surface area contributed by atoms with Crippen molar-refractivity contribution in [2.75, 3.05) is 4.31 Å². The lowest BCUT2D eigenvalue weighted by molar-refractivity contribution is -0.137. The molecular formula is C23H18ClF3N4O2S. The number of halogens is 4. The largest absolute Gasteiger partial charge is 0.478 e. The summed E-state index contributed by atoms with van der Waals surface area (Å²) < 4.78 is 42.8. The van der Waals surface area contributed by atoms with Crippen LogP contribution in [-0.4, -0.2) is 25.8 Å². The lowest BCUT2D eigenvalue weighted by Crippen LogP contribution is -2.17. The highest BCUT2D eigenvalue weighted by atomic mass is 35.5. The van der Waals surface area contributed by atoms with E-state index in [0.717, 1.165) is 35.3 Å². The van der Waals surface area contributed by atoms with Gasteiger partial charge in [-0.25, -0.2) is 9.78 Å². The summed E-state index contributed by atoms with van der Waals surface area (Å²) in [7, 11) is 0. The number of aromatic carboxylic acids is 1. The van der Waals surface area contributed by atoms with Gasteiger partial charge in [-0.3, -0.25) is 8.99 Å². The van der Waals surface area contributed by atoms with Crippen molar-refractivity contribution in [2.24, 2.45) is 0 Å². The van der Waals surface area contributed by atoms with Crippen LogP contribution >= 0.6 is 23.5 Å². The minimum atomic E-state index is -4.57. The Kier molecular flexibility index (Phi) is 6.72. The van der Waals surface area contributed by atoms with E-state index in [2.05, 4.69) is 10.1 Å². The Bertz CT molecular complexity index is 1340. The van der Waals surface area contributed by atoms with Crippen molar-refractivity contribution in [2.45, 2.75) is 31.1 Å². The average molecular weight is 507 g/mol. The molecule has 2 heterocycles. The standard InChI is InChI=1S/C23H18ClF3N4O2S/c1-2-30-20-8-3-14(9-16(20)11-29-30)13-31(34-18-6-4-15(5-7-18)22(32)33)21-19(24)10-17(12-28-21)23(25,26)27/h3-12H,2,13H2,1H3,(H,32,33). The molecule has 0 saturated carbocycles. The number of aromatic nitrogens is 3. The van der Waals surface area contributed by atoms with Crippen LogP contribution in [0.4, 0.5) is 19.0 Å². The molecule has 0 fully saturated rings. The zero-order valence-corrected chi connectivity index (χ0v) is 19.3. The van der Waals surface area contributed by atoms with Gasteiger partial charge in [0.25, 0.3) is 0 Å². The molecule has 2 aromatic carbocycles. The number of fused-ring (bicyclic) bond motifs is 1. The van der Waals surface area contributed by atoms with Crippen molar-refractivity contribution in [3.05, 3.63) is 82.6 Å². The predicted molar refractivity (Wildman–Crippen MR) is 125 cm³/mol. The molecule has 0 atom stereocenters. The molecule has 4 aromatic rings. The summed E-state index contributed by atoms with van der Waals surface area (Å²) in [6.07, 6.45) is -2.06. The van der Waals surface area contributed by atoms with Crippen LogP contribution < -0.4 is 4.31 Å². The van der Waals surface area contributed by atoms with Crippen LogP contribution in [0.15, 0.2) is 65.8 Å². The fraction of sp³-hybridized carbons (Fsp3) is 0.174. The summed E-state index contributed by atoms with van der Waals surface area (Å²) in [5, 5.41) is 14.2. The Labute approximate surface area is 202 Å². The number of pyridine rings is 1. The minimum Gasteiger partial charge on any atom is -0.478 e. The Hall–Kier alpha value is -3.24. The molecule has 0 radical (unpaired) electrons. The van der Waals surface area contributed by atoms with Gasteiger partial charge in [0, 0.05) is 23.0 Å². The number of carboxylic acids is 1. The Morgan fingerprint density at radius 2 is 1.88 bits per heavy atom. The van der Waals surface area contributed by atoms with Gasteiger partial charge in [0.1, 0.15) is 0 Å². The predicted octanol–water partition coefficient (Wildman–Crippen LogP) is 6.54. The third kappa shape index (κ3) is 5.13. The topological polar surface area (TPSA) is 71.2 Å². The van der Waals surface area contributed by atoms with Gasteiger partial charge in [0.2, 0.25) is 0 Å². The van der Waals surface area contributed by atoms with Crippen LogP contribution in [0.3, 0.4) is 0 Å². The van der Waals surface area contributed by atoms with Crippen molar-refractivity contribution in [1.29, 1.82) is 0 Å². The third-order valence-electron chi connectivity index (χ3n) is 5.03. The summed E-state index contributed by atoms with van der Waals surface area (Å²) in [5.41, 5.74) is 1.03. The first kappa shape index (κ1) is 23.9. The maximum atomic E-state index is 13.1. The molecule has 11 heteroatoms. The Morgan fingerprint density at radius 1 is 1.15 bits per heavy atom. The number of hydrogen-bond acceptors (Lipinski definition) is 5. The fourth-order valence-electron chi connectivity index (χ4n) is 3.36. The lowest BCUT2D eigenvalue weighted by Gasteiger charge is -2.24. The van der Waals surface area contributed by atoms with E-state index in [0.29, 0.717) is 4.90 Å². The third-order valence-corrected chi connectivity index (χ3v) is 6.32. The second-order valence-electron chi connectivity index (χ2n) is 7.34. The van der Waals surface area contributed by atoms with Gasteiger partial charge in [-0.05, 0) is 66.9 Å². The first-order valence-corrected chi connectivity index (χ1v) is 11.3. The molecule has 4 rings (SSSR count). The fourth-order valence-corrected chi connectivity index (χ4v) is 4.63. The molecule has 1 N–H and O–H groups in total. The summed E-state index contributed by atoms with van der Waals surface area (Å²) >= 11 is 7.43. The van der Waals surface area contributed by atoms with E-state index in [1.54, 1.807) is 22.6 Å². The molecule has 0 unspecified atom stereocenters. The zero-order valence-electron chi connectivity index (χ0n) is 17.8. The van der Waals surface area contributed by atoms with Gasteiger partial charge < -0.3 is 5.11 Å². The molecule has 0 spiro atoms. The van der Waals surface area contributed by atoms with Gasteiger partial charge in [-0.15, -0.1) is 0 Å². The maximum absolute atomic E-state index is 13.1. The quantitative estimate of drug-likeness (QED) is 0.287. The van der Waals surface area contributed by atoms with Crippen LogP contribution in [-0.2, 0) is 19.3 Å². The summed E-state index contributed by atoms with van der Waals surface area (Å²) in [6, 6.07) is 12.8. The first-order valence-electron chi connectivity index (χ1n) is 10.1. The van der Waals surface area contributed by atoms with Crippen LogP contribution in [0.5, 0.6) is 0 Å². The van der Waals surface area contributed by atoms with Gasteiger partial charge in [-0.2, -0.15) is 18.3 Å². The molecule has 2 aromatic heterocycles. The monoisotopic (exact) mass is 506 g/mol. The summed E-state index contributed by atoms with van der Waals surface area (Å²) in [6.45, 7) is 2.99. The molecule has 34 heavy (non-hydrogen) atoms. The Morgan fingerprint density at radius 3 is 2.50 bits per heavy atom. The second-order valence-corrected chi connectivity index (χ2v) is 8.84. The van der Waals surface area contributed by atoms with E-state index in [4.69, 9.17) is 16.7 Å². The number of carbonyl (C=O) groups is 1. The average Bonchev–Trinajstić information content (AvgIpc) is 3.20. The van der Waals surface area contributed by atoms with Crippen molar-refractivity contribution in [1.82, 2.24) is 14.8 Å². The second kappa shape index (κ2) is 9.55. The number of anilines is 1. The molecule has 0 aliphatic rings. The normalized spacial score (nSPS) is 11.7. The highest BCUT2D eigenvalue weighted by molar-refractivity contribution is 8.00. The molecular weight excluding hydrogens is 489 g/mol. The van der Waals surface area contributed by atoms with E-state index in [1.807, 2.05) is 29.8 Å². The van der Waals surface area contributed by atoms with Crippen molar-refractivity contribution < 1.29 is 23.1 Å². The molecule has 0 amide bonds. The van der Waals surface area contributed by atoms with Gasteiger partial charge >= 0.3 is 12.1 Å². The number of carboxylic acid groups (broad SMARTS) is 1. The van der Waals surface area contributed by atoms with Crippen LogP contribution in [0.2, 0.25) is 5.02 Å². The number of rotatable bonds is 7. The van der Waals surface area contributed by atoms with Crippen molar-refractivity contribution >= 4 is 46.2 Å². The lowest BCUT2D eigenvalue weighted by atomic mass is 10.1. The zero-order chi connectivity index (χ0) is 24.5. The van der Waals surface area contributed by atoms with E-state index in [-0.39, 0.29) is 22.9 Å². The number of alkyl halides is 3. The minimum absolute atomic E-state index is 0.125. The summed E-state index contributed by atoms with van der Waals surface area (Å²) in [4.78, 5) is 15.8. The van der Waals surface area contributed by atoms with Crippen molar-refractivity contribution in [3.63, 3.8) is 0 Å². The SMILES string of the molecule is CCn1ncc2cc(CN(Sc3ccc(C(=O)O)cc3)c3ncc(C(F)(F)F)cc3Cl)ccc21. The molecule has 176 valence electrons.